The maximum atomic E-state index is 11.3. The number of aliphatic hydroxyl groups is 5. The molecule has 0 rings (SSSR count). The molecule has 110 valence electrons. The molecule has 0 aromatic carbocycles. The minimum atomic E-state index is -2.26. The Morgan fingerprint density at radius 3 is 2.16 bits per heavy atom. The summed E-state index contributed by atoms with van der Waals surface area (Å²) in [6, 6.07) is -1.26. The fourth-order valence-electron chi connectivity index (χ4n) is 0.975. The van der Waals surface area contributed by atoms with Crippen LogP contribution in [0.25, 0.3) is 0 Å². The van der Waals surface area contributed by atoms with Gasteiger partial charge in [0.2, 0.25) is 0 Å². The van der Waals surface area contributed by atoms with E-state index in [4.69, 9.17) is 10.2 Å². The summed E-state index contributed by atoms with van der Waals surface area (Å²) < 4.78 is 0. The molecular weight excluding hydrogens is 266 g/mol. The molecule has 0 aliphatic rings. The van der Waals surface area contributed by atoms with E-state index in [2.05, 4.69) is 5.29 Å². The first kappa shape index (κ1) is 17.3. The van der Waals surface area contributed by atoms with Crippen LogP contribution in [0.2, 0.25) is 0 Å². The van der Waals surface area contributed by atoms with E-state index in [1.54, 1.807) is 0 Å². The lowest BCUT2D eigenvalue weighted by atomic mass is 10.0. The minimum Gasteiger partial charge on any atom is -0.394 e. The molecule has 0 bridgehead atoms. The quantitative estimate of drug-likeness (QED) is 0.212. The fourth-order valence-corrected chi connectivity index (χ4v) is 0.975. The summed E-state index contributed by atoms with van der Waals surface area (Å²) in [5.74, 6) is -1.42. The van der Waals surface area contributed by atoms with Gasteiger partial charge in [-0.15, -0.1) is 4.91 Å². The van der Waals surface area contributed by atoms with E-state index in [9.17, 15) is 29.8 Å². The van der Waals surface area contributed by atoms with Gasteiger partial charge in [0, 0.05) is 7.05 Å². The van der Waals surface area contributed by atoms with Gasteiger partial charge < -0.3 is 25.5 Å². The second-order valence-electron chi connectivity index (χ2n) is 3.58. The molecule has 0 aliphatic heterocycles. The van der Waals surface area contributed by atoms with Crippen molar-refractivity contribution in [3.8, 4) is 0 Å². The van der Waals surface area contributed by atoms with Crippen LogP contribution >= 0.6 is 0 Å². The lowest BCUT2D eigenvalue weighted by Crippen LogP contribution is -2.53. The number of amides is 3. The standard InChI is InChI=1S/C8H15N3O8/c1-11(10-19)8(18)9-7(17)6(16)5(15)4(14)3(13)2-12/h3-6,12-16H,2H2,1H3,(H,9,17,18)/t3-,4-,5+,6-/m1/s1. The normalized spacial score (nSPS) is 16.9. The van der Waals surface area contributed by atoms with Crippen molar-refractivity contribution < 1.29 is 35.1 Å². The van der Waals surface area contributed by atoms with E-state index in [1.165, 1.54) is 5.32 Å². The highest BCUT2D eigenvalue weighted by Gasteiger charge is 2.35. The number of carbonyl (C=O) groups excluding carboxylic acids is 2. The van der Waals surface area contributed by atoms with E-state index in [1.807, 2.05) is 0 Å². The number of nitrogens with zero attached hydrogens (tertiary/aromatic N) is 2. The number of imide groups is 1. The first-order chi connectivity index (χ1) is 8.76. The Balaban J connectivity index is 4.56. The molecular formula is C8H15N3O8. The zero-order valence-corrected chi connectivity index (χ0v) is 9.87. The lowest BCUT2D eigenvalue weighted by Gasteiger charge is -2.24. The van der Waals surface area contributed by atoms with Gasteiger partial charge in [0.1, 0.15) is 18.3 Å². The average Bonchev–Trinajstić information content (AvgIpc) is 2.42. The van der Waals surface area contributed by atoms with Crippen molar-refractivity contribution in [1.29, 1.82) is 0 Å². The van der Waals surface area contributed by atoms with Crippen molar-refractivity contribution >= 4 is 11.9 Å². The van der Waals surface area contributed by atoms with Crippen molar-refractivity contribution in [3.05, 3.63) is 4.91 Å². The van der Waals surface area contributed by atoms with Gasteiger partial charge in [-0.25, -0.2) is 4.79 Å². The second-order valence-corrected chi connectivity index (χ2v) is 3.58. The highest BCUT2D eigenvalue weighted by atomic mass is 16.4. The fraction of sp³-hybridized carbons (Fsp3) is 0.750. The van der Waals surface area contributed by atoms with Crippen molar-refractivity contribution in [1.82, 2.24) is 10.3 Å². The summed E-state index contributed by atoms with van der Waals surface area (Å²) in [6.45, 7) is -0.913. The molecule has 3 amide bonds. The zero-order valence-electron chi connectivity index (χ0n) is 9.87. The Labute approximate surface area is 107 Å². The number of urea groups is 1. The topological polar surface area (TPSA) is 180 Å². The minimum absolute atomic E-state index is 0.218. The van der Waals surface area contributed by atoms with Gasteiger partial charge in [-0.2, -0.15) is 5.01 Å². The molecule has 0 radical (unpaired) electrons. The van der Waals surface area contributed by atoms with Crippen LogP contribution in [0.3, 0.4) is 0 Å². The van der Waals surface area contributed by atoms with E-state index in [-0.39, 0.29) is 5.01 Å². The second kappa shape index (κ2) is 7.70. The third-order valence-electron chi connectivity index (χ3n) is 2.17. The van der Waals surface area contributed by atoms with Crippen molar-refractivity contribution in [2.45, 2.75) is 24.4 Å². The summed E-state index contributed by atoms with van der Waals surface area (Å²) in [4.78, 5) is 32.2. The van der Waals surface area contributed by atoms with Crippen LogP contribution in [0.5, 0.6) is 0 Å². The molecule has 11 nitrogen and oxygen atoms in total. The molecule has 4 atom stereocenters. The van der Waals surface area contributed by atoms with Crippen LogP contribution in [0.1, 0.15) is 0 Å². The maximum Gasteiger partial charge on any atom is 0.346 e. The molecule has 0 aromatic heterocycles. The van der Waals surface area contributed by atoms with Crippen molar-refractivity contribution in [2.75, 3.05) is 13.7 Å². The Morgan fingerprint density at radius 2 is 1.74 bits per heavy atom. The molecule has 11 heteroatoms. The summed E-state index contributed by atoms with van der Waals surface area (Å²) in [6.07, 6.45) is -8.21. The third kappa shape index (κ3) is 4.84. The molecule has 0 saturated carbocycles. The van der Waals surface area contributed by atoms with Gasteiger partial charge in [0.15, 0.2) is 6.10 Å². The highest BCUT2D eigenvalue weighted by molar-refractivity contribution is 5.96. The first-order valence-electron chi connectivity index (χ1n) is 5.01. The van der Waals surface area contributed by atoms with E-state index >= 15 is 0 Å². The van der Waals surface area contributed by atoms with Crippen LogP contribution < -0.4 is 5.32 Å². The van der Waals surface area contributed by atoms with Gasteiger partial charge in [-0.1, -0.05) is 0 Å². The number of hydrogen-bond acceptors (Lipinski definition) is 9. The number of nitroso groups, excluding NO2 is 1. The van der Waals surface area contributed by atoms with Crippen LogP contribution in [-0.2, 0) is 4.79 Å². The van der Waals surface area contributed by atoms with Gasteiger partial charge in [-0.3, -0.25) is 10.1 Å². The molecule has 0 heterocycles. The van der Waals surface area contributed by atoms with Crippen molar-refractivity contribution in [3.63, 3.8) is 0 Å². The molecule has 6 N–H and O–H groups in total. The third-order valence-corrected chi connectivity index (χ3v) is 2.17. The lowest BCUT2D eigenvalue weighted by molar-refractivity contribution is -0.148. The van der Waals surface area contributed by atoms with E-state index < -0.39 is 43.0 Å². The Bertz CT molecular complexity index is 338. The SMILES string of the molecule is CN(N=O)C(=O)NC(=O)[C@H](O)[C@@H](O)[C@H](O)[C@H](O)CO. The number of hydrogen-bond donors (Lipinski definition) is 6. The summed E-state index contributed by atoms with van der Waals surface area (Å²) in [7, 11) is 0.933. The molecule has 0 saturated heterocycles. The predicted octanol–water partition coefficient (Wildman–Crippen LogP) is -3.73. The van der Waals surface area contributed by atoms with Crippen LogP contribution in [0, 0.1) is 4.91 Å². The highest BCUT2D eigenvalue weighted by Crippen LogP contribution is 2.05. The Hall–Kier alpha value is -1.66. The van der Waals surface area contributed by atoms with Gasteiger partial charge in [0.05, 0.1) is 11.9 Å². The summed E-state index contributed by atoms with van der Waals surface area (Å²) in [5, 5.41) is 49.3. The number of carbonyl (C=O) groups is 2. The van der Waals surface area contributed by atoms with Crippen LogP contribution in [0.15, 0.2) is 5.29 Å². The molecule has 19 heavy (non-hydrogen) atoms. The maximum absolute atomic E-state index is 11.3. The van der Waals surface area contributed by atoms with E-state index in [0.29, 0.717) is 0 Å². The molecule has 0 aromatic rings. The zero-order chi connectivity index (χ0) is 15.2. The molecule has 0 unspecified atom stereocenters. The summed E-state index contributed by atoms with van der Waals surface area (Å²) >= 11 is 0. The largest absolute Gasteiger partial charge is 0.394 e. The van der Waals surface area contributed by atoms with E-state index in [0.717, 1.165) is 7.05 Å². The van der Waals surface area contributed by atoms with Gasteiger partial charge in [0.25, 0.3) is 5.91 Å². The number of aliphatic hydroxyl groups excluding tert-OH is 5. The average molecular weight is 281 g/mol. The number of rotatable bonds is 6. The first-order valence-corrected chi connectivity index (χ1v) is 5.01. The van der Waals surface area contributed by atoms with Crippen molar-refractivity contribution in [2.24, 2.45) is 5.29 Å². The van der Waals surface area contributed by atoms with Gasteiger partial charge >= 0.3 is 6.03 Å². The van der Waals surface area contributed by atoms with Crippen LogP contribution in [-0.4, -0.2) is 80.6 Å². The molecule has 0 spiro atoms. The van der Waals surface area contributed by atoms with Crippen LogP contribution in [0.4, 0.5) is 4.79 Å². The molecule has 0 aliphatic carbocycles. The monoisotopic (exact) mass is 281 g/mol. The smallest absolute Gasteiger partial charge is 0.346 e. The summed E-state index contributed by atoms with van der Waals surface area (Å²) in [5.41, 5.74) is 0. The Morgan fingerprint density at radius 1 is 1.21 bits per heavy atom. The Kier molecular flexibility index (Phi) is 7.03. The molecule has 0 fully saturated rings. The predicted molar refractivity (Wildman–Crippen MR) is 58.2 cm³/mol. The van der Waals surface area contributed by atoms with Gasteiger partial charge in [-0.05, 0) is 0 Å². The number of nitrogens with one attached hydrogen (secondary N) is 1.